The van der Waals surface area contributed by atoms with Crippen LogP contribution in [0, 0.1) is 5.92 Å². The first-order valence-electron chi connectivity index (χ1n) is 8.72. The minimum atomic E-state index is -0.776. The Labute approximate surface area is 148 Å². The van der Waals surface area contributed by atoms with Gasteiger partial charge in [0.2, 0.25) is 0 Å². The van der Waals surface area contributed by atoms with Crippen LogP contribution >= 0.6 is 0 Å². The molecule has 2 unspecified atom stereocenters. The predicted molar refractivity (Wildman–Crippen MR) is 89.9 cm³/mol. The minimum Gasteiger partial charge on any atom is -0.481 e. The Bertz CT molecular complexity index is 468. The Morgan fingerprint density at radius 3 is 2.40 bits per heavy atom. The molecular formula is C18H28O7. The standard InChI is InChI=1S/C18H28O7/c1-13(2)17(21)24-10-14(18(22)25-12-15-11-23-15)8-6-4-3-5-7-9-16(19)20/h14-15H,1,3-12H2,2H3,(H,19,20). The van der Waals surface area contributed by atoms with Crippen LogP contribution in [0.1, 0.15) is 51.9 Å². The van der Waals surface area contributed by atoms with Gasteiger partial charge in [0, 0.05) is 12.0 Å². The number of carboxylic acids is 1. The number of carboxylic acid groups (broad SMARTS) is 1. The monoisotopic (exact) mass is 356 g/mol. The first kappa shape index (κ1) is 21.2. The topological polar surface area (TPSA) is 102 Å². The van der Waals surface area contributed by atoms with Crippen molar-refractivity contribution in [2.45, 2.75) is 58.0 Å². The molecular weight excluding hydrogens is 328 g/mol. The van der Waals surface area contributed by atoms with Crippen LogP contribution in [-0.2, 0) is 28.6 Å². The van der Waals surface area contributed by atoms with Gasteiger partial charge in [-0.1, -0.05) is 32.3 Å². The second-order valence-electron chi connectivity index (χ2n) is 6.36. The molecule has 1 fully saturated rings. The van der Waals surface area contributed by atoms with Crippen molar-refractivity contribution in [3.8, 4) is 0 Å². The van der Waals surface area contributed by atoms with E-state index in [1.54, 1.807) is 6.92 Å². The summed E-state index contributed by atoms with van der Waals surface area (Å²) in [6.45, 7) is 5.89. The third kappa shape index (κ3) is 10.6. The molecule has 1 N–H and O–H groups in total. The van der Waals surface area contributed by atoms with E-state index in [0.29, 0.717) is 19.4 Å². The van der Waals surface area contributed by atoms with E-state index in [4.69, 9.17) is 19.3 Å². The fraction of sp³-hybridized carbons (Fsp3) is 0.722. The average Bonchev–Trinajstić information content (AvgIpc) is 3.38. The summed E-state index contributed by atoms with van der Waals surface area (Å²) in [5.41, 5.74) is 0.289. The normalized spacial score (nSPS) is 16.8. The molecule has 7 nitrogen and oxygen atoms in total. The lowest BCUT2D eigenvalue weighted by Crippen LogP contribution is -2.26. The number of hydrogen-bond acceptors (Lipinski definition) is 6. The maximum Gasteiger partial charge on any atom is 0.333 e. The van der Waals surface area contributed by atoms with E-state index in [-0.39, 0.29) is 37.3 Å². The van der Waals surface area contributed by atoms with Gasteiger partial charge in [-0.2, -0.15) is 0 Å². The van der Waals surface area contributed by atoms with E-state index < -0.39 is 17.9 Å². The maximum atomic E-state index is 12.1. The zero-order valence-electron chi connectivity index (χ0n) is 14.8. The van der Waals surface area contributed by atoms with Crippen LogP contribution < -0.4 is 0 Å². The van der Waals surface area contributed by atoms with Crippen molar-refractivity contribution in [3.63, 3.8) is 0 Å². The van der Waals surface area contributed by atoms with E-state index in [1.807, 2.05) is 0 Å². The second kappa shape index (κ2) is 11.6. The van der Waals surface area contributed by atoms with Gasteiger partial charge in [-0.25, -0.2) is 4.79 Å². The molecule has 0 spiro atoms. The zero-order valence-corrected chi connectivity index (χ0v) is 14.8. The highest BCUT2D eigenvalue weighted by molar-refractivity contribution is 5.87. The van der Waals surface area contributed by atoms with Gasteiger partial charge in [0.15, 0.2) is 0 Å². The molecule has 1 aliphatic rings. The van der Waals surface area contributed by atoms with Crippen LogP contribution in [0.5, 0.6) is 0 Å². The molecule has 142 valence electrons. The summed E-state index contributed by atoms with van der Waals surface area (Å²) in [7, 11) is 0. The molecule has 1 heterocycles. The van der Waals surface area contributed by atoms with Gasteiger partial charge >= 0.3 is 17.9 Å². The third-order valence-electron chi connectivity index (χ3n) is 3.85. The summed E-state index contributed by atoms with van der Waals surface area (Å²) in [6.07, 6.45) is 4.86. The molecule has 0 amide bonds. The molecule has 0 bridgehead atoms. The third-order valence-corrected chi connectivity index (χ3v) is 3.85. The lowest BCUT2D eigenvalue weighted by Gasteiger charge is -2.16. The number of carbonyl (C=O) groups excluding carboxylic acids is 2. The SMILES string of the molecule is C=C(C)C(=O)OCC(CCCCCCCC(=O)O)C(=O)OCC1CO1. The van der Waals surface area contributed by atoms with Crippen molar-refractivity contribution in [1.29, 1.82) is 0 Å². The summed E-state index contributed by atoms with van der Waals surface area (Å²) < 4.78 is 15.3. The van der Waals surface area contributed by atoms with Crippen molar-refractivity contribution >= 4 is 17.9 Å². The molecule has 7 heteroatoms. The maximum absolute atomic E-state index is 12.1. The number of rotatable bonds is 14. The quantitative estimate of drug-likeness (QED) is 0.221. The molecule has 0 saturated carbocycles. The number of aliphatic carboxylic acids is 1. The van der Waals surface area contributed by atoms with Gasteiger partial charge in [0.25, 0.3) is 0 Å². The first-order valence-corrected chi connectivity index (χ1v) is 8.72. The van der Waals surface area contributed by atoms with Gasteiger partial charge in [0.1, 0.15) is 19.3 Å². The number of ether oxygens (including phenoxy) is 3. The minimum absolute atomic E-state index is 0.00296. The van der Waals surface area contributed by atoms with E-state index in [9.17, 15) is 14.4 Å². The molecule has 1 aliphatic heterocycles. The van der Waals surface area contributed by atoms with Crippen molar-refractivity contribution in [2.24, 2.45) is 5.92 Å². The number of unbranched alkanes of at least 4 members (excludes halogenated alkanes) is 4. The molecule has 25 heavy (non-hydrogen) atoms. The number of epoxide rings is 1. The predicted octanol–water partition coefficient (Wildman–Crippen LogP) is 2.48. The summed E-state index contributed by atoms with van der Waals surface area (Å²) >= 11 is 0. The highest BCUT2D eigenvalue weighted by atomic mass is 16.6. The van der Waals surface area contributed by atoms with Gasteiger partial charge in [-0.05, 0) is 19.8 Å². The lowest BCUT2D eigenvalue weighted by molar-refractivity contribution is -0.154. The van der Waals surface area contributed by atoms with E-state index in [1.165, 1.54) is 0 Å². The summed E-state index contributed by atoms with van der Waals surface area (Å²) in [5.74, 6) is -2.17. The van der Waals surface area contributed by atoms with Gasteiger partial charge in [-0.15, -0.1) is 0 Å². The molecule has 0 aromatic heterocycles. The summed E-state index contributed by atoms with van der Waals surface area (Å²) in [4.78, 5) is 34.1. The lowest BCUT2D eigenvalue weighted by atomic mass is 10.0. The highest BCUT2D eigenvalue weighted by Gasteiger charge is 2.27. The number of hydrogen-bond donors (Lipinski definition) is 1. The summed E-state index contributed by atoms with van der Waals surface area (Å²) in [6, 6.07) is 0. The smallest absolute Gasteiger partial charge is 0.333 e. The Hall–Kier alpha value is -1.89. The van der Waals surface area contributed by atoms with Crippen LogP contribution in [0.2, 0.25) is 0 Å². The molecule has 0 radical (unpaired) electrons. The van der Waals surface area contributed by atoms with E-state index in [0.717, 1.165) is 25.7 Å². The Balaban J connectivity index is 2.27. The summed E-state index contributed by atoms with van der Waals surface area (Å²) in [5, 5.41) is 8.58. The van der Waals surface area contributed by atoms with E-state index >= 15 is 0 Å². The zero-order chi connectivity index (χ0) is 18.7. The molecule has 0 aromatic carbocycles. The molecule has 0 aromatic rings. The largest absolute Gasteiger partial charge is 0.481 e. The molecule has 1 rings (SSSR count). The van der Waals surface area contributed by atoms with Crippen LogP contribution in [0.25, 0.3) is 0 Å². The number of esters is 2. The van der Waals surface area contributed by atoms with Crippen molar-refractivity contribution in [1.82, 2.24) is 0 Å². The van der Waals surface area contributed by atoms with Crippen LogP contribution in [0.3, 0.4) is 0 Å². The second-order valence-corrected chi connectivity index (χ2v) is 6.36. The van der Waals surface area contributed by atoms with Crippen LogP contribution in [0.4, 0.5) is 0 Å². The average molecular weight is 356 g/mol. The number of carbonyl (C=O) groups is 3. The van der Waals surface area contributed by atoms with Gasteiger partial charge < -0.3 is 19.3 Å². The van der Waals surface area contributed by atoms with Crippen LogP contribution in [-0.4, -0.2) is 48.9 Å². The van der Waals surface area contributed by atoms with Crippen molar-refractivity contribution < 1.29 is 33.7 Å². The Morgan fingerprint density at radius 1 is 1.16 bits per heavy atom. The molecule has 0 aliphatic carbocycles. The Kier molecular flexibility index (Phi) is 9.84. The van der Waals surface area contributed by atoms with Gasteiger partial charge in [0.05, 0.1) is 12.5 Å². The van der Waals surface area contributed by atoms with Crippen molar-refractivity contribution in [2.75, 3.05) is 19.8 Å². The van der Waals surface area contributed by atoms with E-state index in [2.05, 4.69) is 6.58 Å². The molecule has 2 atom stereocenters. The fourth-order valence-electron chi connectivity index (χ4n) is 2.22. The van der Waals surface area contributed by atoms with Gasteiger partial charge in [-0.3, -0.25) is 9.59 Å². The Morgan fingerprint density at radius 2 is 1.80 bits per heavy atom. The van der Waals surface area contributed by atoms with Crippen molar-refractivity contribution in [3.05, 3.63) is 12.2 Å². The first-order chi connectivity index (χ1) is 11.9. The van der Waals surface area contributed by atoms with Crippen LogP contribution in [0.15, 0.2) is 12.2 Å². The molecule has 1 saturated heterocycles. The highest BCUT2D eigenvalue weighted by Crippen LogP contribution is 2.17. The fourth-order valence-corrected chi connectivity index (χ4v) is 2.22.